The molecule has 0 amide bonds. The fourth-order valence-electron chi connectivity index (χ4n) is 2.03. The van der Waals surface area contributed by atoms with Crippen LogP contribution in [0.5, 0.6) is 11.5 Å². The zero-order chi connectivity index (χ0) is 15.9. The molecule has 0 saturated carbocycles. The van der Waals surface area contributed by atoms with Crippen LogP contribution in [-0.2, 0) is 6.61 Å². The van der Waals surface area contributed by atoms with E-state index in [0.717, 1.165) is 5.56 Å². The summed E-state index contributed by atoms with van der Waals surface area (Å²) >= 11 is 3.15. The molecule has 0 fully saturated rings. The maximum Gasteiger partial charge on any atom is 0.161 e. The highest BCUT2D eigenvalue weighted by atomic mass is 79.9. The van der Waals surface area contributed by atoms with Gasteiger partial charge in [-0.05, 0) is 23.3 Å². The summed E-state index contributed by atoms with van der Waals surface area (Å²) in [5.74, 6) is 1.12. The Kier molecular flexibility index (Phi) is 6.24. The molecule has 118 valence electrons. The SMILES string of the molecule is COc1cc(C(O)C(O)CBr)ccc1OCc1ccccc1. The third-order valence-electron chi connectivity index (χ3n) is 3.29. The molecular formula is C17H19BrO4. The summed E-state index contributed by atoms with van der Waals surface area (Å²) in [5.41, 5.74) is 1.64. The van der Waals surface area contributed by atoms with Crippen LogP contribution in [0.3, 0.4) is 0 Å². The van der Waals surface area contributed by atoms with Crippen LogP contribution in [0.2, 0.25) is 0 Å². The van der Waals surface area contributed by atoms with Crippen LogP contribution in [0.1, 0.15) is 17.2 Å². The van der Waals surface area contributed by atoms with Crippen LogP contribution in [0, 0.1) is 0 Å². The van der Waals surface area contributed by atoms with E-state index in [4.69, 9.17) is 9.47 Å². The lowest BCUT2D eigenvalue weighted by atomic mass is 10.0. The number of halogens is 1. The number of aliphatic hydroxyl groups is 2. The Morgan fingerprint density at radius 3 is 2.41 bits per heavy atom. The summed E-state index contributed by atoms with van der Waals surface area (Å²) in [5, 5.41) is 20.0. The first kappa shape index (κ1) is 16.8. The lowest BCUT2D eigenvalue weighted by Gasteiger charge is -2.18. The topological polar surface area (TPSA) is 58.9 Å². The normalized spacial score (nSPS) is 13.5. The van der Waals surface area contributed by atoms with Crippen molar-refractivity contribution in [3.63, 3.8) is 0 Å². The Labute approximate surface area is 138 Å². The molecule has 0 aliphatic carbocycles. The van der Waals surface area contributed by atoms with Gasteiger partial charge in [-0.1, -0.05) is 52.3 Å². The van der Waals surface area contributed by atoms with Crippen molar-refractivity contribution in [3.8, 4) is 11.5 Å². The van der Waals surface area contributed by atoms with E-state index in [1.165, 1.54) is 0 Å². The maximum absolute atomic E-state index is 10.0. The number of benzene rings is 2. The molecule has 2 N–H and O–H groups in total. The van der Waals surface area contributed by atoms with E-state index < -0.39 is 12.2 Å². The zero-order valence-electron chi connectivity index (χ0n) is 12.3. The molecule has 22 heavy (non-hydrogen) atoms. The molecule has 4 nitrogen and oxygen atoms in total. The summed E-state index contributed by atoms with van der Waals surface area (Å²) < 4.78 is 11.1. The van der Waals surface area contributed by atoms with Gasteiger partial charge in [-0.15, -0.1) is 0 Å². The van der Waals surface area contributed by atoms with Gasteiger partial charge in [0.1, 0.15) is 12.7 Å². The Morgan fingerprint density at radius 2 is 1.77 bits per heavy atom. The highest BCUT2D eigenvalue weighted by Crippen LogP contribution is 2.32. The smallest absolute Gasteiger partial charge is 0.161 e. The second-order valence-electron chi connectivity index (χ2n) is 4.85. The first-order valence-corrected chi connectivity index (χ1v) is 8.04. The molecule has 2 unspecified atom stereocenters. The van der Waals surface area contributed by atoms with E-state index in [1.54, 1.807) is 25.3 Å². The molecule has 2 aromatic carbocycles. The minimum Gasteiger partial charge on any atom is -0.493 e. The highest BCUT2D eigenvalue weighted by Gasteiger charge is 2.19. The molecule has 5 heteroatoms. The van der Waals surface area contributed by atoms with Crippen molar-refractivity contribution in [2.45, 2.75) is 18.8 Å². The van der Waals surface area contributed by atoms with E-state index in [-0.39, 0.29) is 0 Å². The average Bonchev–Trinajstić information content (AvgIpc) is 2.59. The van der Waals surface area contributed by atoms with Crippen LogP contribution in [-0.4, -0.2) is 28.8 Å². The minimum absolute atomic E-state index is 0.294. The summed E-state index contributed by atoms with van der Waals surface area (Å²) in [6, 6.07) is 15.0. The van der Waals surface area contributed by atoms with Crippen molar-refractivity contribution in [2.75, 3.05) is 12.4 Å². The van der Waals surface area contributed by atoms with Crippen LogP contribution in [0.25, 0.3) is 0 Å². The third-order valence-corrected chi connectivity index (χ3v) is 3.95. The summed E-state index contributed by atoms with van der Waals surface area (Å²) in [4.78, 5) is 0. The van der Waals surface area contributed by atoms with Crippen molar-refractivity contribution in [3.05, 3.63) is 59.7 Å². The minimum atomic E-state index is -0.976. The number of alkyl halides is 1. The quantitative estimate of drug-likeness (QED) is 0.739. The van der Waals surface area contributed by atoms with Crippen LogP contribution < -0.4 is 9.47 Å². The summed E-state index contributed by atoms with van der Waals surface area (Å²) in [7, 11) is 1.54. The van der Waals surface area contributed by atoms with E-state index >= 15 is 0 Å². The highest BCUT2D eigenvalue weighted by molar-refractivity contribution is 9.09. The van der Waals surface area contributed by atoms with Gasteiger partial charge < -0.3 is 19.7 Å². The van der Waals surface area contributed by atoms with Crippen molar-refractivity contribution >= 4 is 15.9 Å². The van der Waals surface area contributed by atoms with Crippen molar-refractivity contribution < 1.29 is 19.7 Å². The number of methoxy groups -OCH3 is 1. The second-order valence-corrected chi connectivity index (χ2v) is 5.50. The van der Waals surface area contributed by atoms with E-state index in [9.17, 15) is 10.2 Å². The Balaban J connectivity index is 2.12. The second kappa shape index (κ2) is 8.17. The molecule has 0 radical (unpaired) electrons. The maximum atomic E-state index is 10.0. The van der Waals surface area contributed by atoms with Crippen molar-refractivity contribution in [2.24, 2.45) is 0 Å². The van der Waals surface area contributed by atoms with Gasteiger partial charge in [-0.2, -0.15) is 0 Å². The molecule has 2 rings (SSSR count). The number of hydrogen-bond donors (Lipinski definition) is 2. The predicted octanol–water partition coefficient (Wildman–Crippen LogP) is 3.06. The lowest BCUT2D eigenvalue weighted by molar-refractivity contribution is 0.0341. The Morgan fingerprint density at radius 1 is 1.05 bits per heavy atom. The van der Waals surface area contributed by atoms with Gasteiger partial charge >= 0.3 is 0 Å². The molecule has 0 bridgehead atoms. The molecule has 0 heterocycles. The Hall–Kier alpha value is -1.56. The van der Waals surface area contributed by atoms with Crippen molar-refractivity contribution in [1.29, 1.82) is 0 Å². The van der Waals surface area contributed by atoms with Crippen LogP contribution in [0.4, 0.5) is 0 Å². The molecule has 0 aliphatic heterocycles. The van der Waals surface area contributed by atoms with Gasteiger partial charge in [-0.3, -0.25) is 0 Å². The lowest BCUT2D eigenvalue weighted by Crippen LogP contribution is -2.19. The zero-order valence-corrected chi connectivity index (χ0v) is 13.9. The number of aliphatic hydroxyl groups excluding tert-OH is 2. The van der Waals surface area contributed by atoms with Gasteiger partial charge in [-0.25, -0.2) is 0 Å². The van der Waals surface area contributed by atoms with Gasteiger partial charge in [0.05, 0.1) is 13.2 Å². The van der Waals surface area contributed by atoms with Gasteiger partial charge in [0.15, 0.2) is 11.5 Å². The standard InChI is InChI=1S/C17H19BrO4/c1-21-16-9-13(17(20)14(19)10-18)7-8-15(16)22-11-12-5-3-2-4-6-12/h2-9,14,17,19-20H,10-11H2,1H3. The molecule has 2 atom stereocenters. The number of rotatable bonds is 7. The number of hydrogen-bond acceptors (Lipinski definition) is 4. The average molecular weight is 367 g/mol. The predicted molar refractivity (Wildman–Crippen MR) is 88.5 cm³/mol. The molecule has 0 spiro atoms. The van der Waals surface area contributed by atoms with E-state index in [2.05, 4.69) is 15.9 Å². The van der Waals surface area contributed by atoms with Gasteiger partial charge in [0.2, 0.25) is 0 Å². The molecule has 0 aliphatic rings. The fourth-order valence-corrected chi connectivity index (χ4v) is 2.38. The first-order valence-electron chi connectivity index (χ1n) is 6.92. The molecule has 2 aromatic rings. The van der Waals surface area contributed by atoms with E-state index in [0.29, 0.717) is 29.0 Å². The summed E-state index contributed by atoms with van der Waals surface area (Å²) in [6.07, 6.45) is -1.85. The number of ether oxygens (including phenoxy) is 2. The molecule has 0 aromatic heterocycles. The van der Waals surface area contributed by atoms with Gasteiger partial charge in [0.25, 0.3) is 0 Å². The third kappa shape index (κ3) is 4.22. The molecule has 0 saturated heterocycles. The molecular weight excluding hydrogens is 348 g/mol. The van der Waals surface area contributed by atoms with E-state index in [1.807, 2.05) is 30.3 Å². The summed E-state index contributed by atoms with van der Waals surface area (Å²) in [6.45, 7) is 0.434. The Bertz CT molecular complexity index is 588. The van der Waals surface area contributed by atoms with Gasteiger partial charge in [0, 0.05) is 5.33 Å². The van der Waals surface area contributed by atoms with Crippen LogP contribution >= 0.6 is 15.9 Å². The largest absolute Gasteiger partial charge is 0.493 e. The van der Waals surface area contributed by atoms with Crippen LogP contribution in [0.15, 0.2) is 48.5 Å². The fraction of sp³-hybridized carbons (Fsp3) is 0.294. The first-order chi connectivity index (χ1) is 10.7. The monoisotopic (exact) mass is 366 g/mol. The van der Waals surface area contributed by atoms with Crippen molar-refractivity contribution in [1.82, 2.24) is 0 Å².